The van der Waals surface area contributed by atoms with Crippen LogP contribution in [0.15, 0.2) is 4.99 Å². The second kappa shape index (κ2) is 12.6. The molecule has 0 aliphatic carbocycles. The maximum absolute atomic E-state index is 5.61. The molecule has 0 saturated carbocycles. The molecular formula is C14H30IN3O2. The summed E-state index contributed by atoms with van der Waals surface area (Å²) in [6.45, 7) is 7.59. The first-order chi connectivity index (χ1) is 9.26. The molecule has 6 heteroatoms. The molecule has 0 aromatic rings. The zero-order valence-corrected chi connectivity index (χ0v) is 15.3. The van der Waals surface area contributed by atoms with Crippen LogP contribution in [0.3, 0.4) is 0 Å². The smallest absolute Gasteiger partial charge is 0.191 e. The van der Waals surface area contributed by atoms with Gasteiger partial charge in [-0.05, 0) is 32.6 Å². The van der Waals surface area contributed by atoms with Crippen LogP contribution in [0.1, 0.15) is 39.5 Å². The van der Waals surface area contributed by atoms with Crippen LogP contribution in [0, 0.1) is 0 Å². The lowest BCUT2D eigenvalue weighted by Crippen LogP contribution is -2.42. The van der Waals surface area contributed by atoms with Gasteiger partial charge in [-0.1, -0.05) is 6.92 Å². The van der Waals surface area contributed by atoms with Gasteiger partial charge in [-0.25, -0.2) is 0 Å². The number of ether oxygens (including phenoxy) is 2. The van der Waals surface area contributed by atoms with E-state index in [2.05, 4.69) is 29.5 Å². The molecule has 1 saturated heterocycles. The number of halogens is 1. The highest BCUT2D eigenvalue weighted by Crippen LogP contribution is 2.11. The molecule has 5 nitrogen and oxygen atoms in total. The Balaban J connectivity index is 0.00000361. The topological polar surface area (TPSA) is 54.9 Å². The largest absolute Gasteiger partial charge is 0.379 e. The first kappa shape index (κ1) is 19.9. The Labute approximate surface area is 140 Å². The number of nitrogens with zero attached hydrogens (tertiary/aromatic N) is 1. The van der Waals surface area contributed by atoms with Crippen molar-refractivity contribution in [1.82, 2.24) is 10.6 Å². The van der Waals surface area contributed by atoms with Crippen molar-refractivity contribution >= 4 is 29.9 Å². The Morgan fingerprint density at radius 2 is 2.30 bits per heavy atom. The van der Waals surface area contributed by atoms with Crippen molar-refractivity contribution in [2.24, 2.45) is 4.99 Å². The van der Waals surface area contributed by atoms with Gasteiger partial charge in [0.2, 0.25) is 0 Å². The third-order valence-electron chi connectivity index (χ3n) is 3.30. The summed E-state index contributed by atoms with van der Waals surface area (Å²) in [6, 6.07) is 0.446. The molecule has 0 aromatic carbocycles. The minimum Gasteiger partial charge on any atom is -0.379 e. The van der Waals surface area contributed by atoms with E-state index in [1.165, 1.54) is 6.42 Å². The summed E-state index contributed by atoms with van der Waals surface area (Å²) in [6.07, 6.45) is 4.71. The normalized spacial score (nSPS) is 20.4. The van der Waals surface area contributed by atoms with Gasteiger partial charge in [0, 0.05) is 32.8 Å². The molecule has 2 unspecified atom stereocenters. The molecule has 1 heterocycles. The number of guanidine groups is 1. The Bertz CT molecular complexity index is 259. The molecule has 0 aromatic heterocycles. The van der Waals surface area contributed by atoms with Gasteiger partial charge in [0.25, 0.3) is 0 Å². The van der Waals surface area contributed by atoms with Gasteiger partial charge < -0.3 is 20.1 Å². The van der Waals surface area contributed by atoms with Crippen molar-refractivity contribution in [2.45, 2.75) is 51.7 Å². The number of hydrogen-bond donors (Lipinski definition) is 2. The summed E-state index contributed by atoms with van der Waals surface area (Å²) in [5.74, 6) is 0.869. The van der Waals surface area contributed by atoms with Crippen LogP contribution < -0.4 is 10.6 Å². The number of hydrogen-bond acceptors (Lipinski definition) is 3. The molecule has 0 spiro atoms. The van der Waals surface area contributed by atoms with Gasteiger partial charge >= 0.3 is 0 Å². The molecule has 1 fully saturated rings. The highest BCUT2D eigenvalue weighted by Gasteiger charge is 2.14. The van der Waals surface area contributed by atoms with Crippen molar-refractivity contribution in [3.63, 3.8) is 0 Å². The van der Waals surface area contributed by atoms with E-state index in [4.69, 9.17) is 9.47 Å². The number of aliphatic imine (C=N–C) groups is 1. The van der Waals surface area contributed by atoms with Crippen LogP contribution in [0.2, 0.25) is 0 Å². The average Bonchev–Trinajstić information content (AvgIpc) is 2.94. The standard InChI is InChI=1S/C14H29N3O2.HI/c1-4-12(2)17-14(15-3)16-8-6-9-18-11-13-7-5-10-19-13;/h12-13H,4-11H2,1-3H3,(H2,15,16,17);1H. The summed E-state index contributed by atoms with van der Waals surface area (Å²) in [4.78, 5) is 4.19. The second-order valence-corrected chi connectivity index (χ2v) is 5.02. The van der Waals surface area contributed by atoms with Gasteiger partial charge in [0.15, 0.2) is 5.96 Å². The fourth-order valence-corrected chi connectivity index (χ4v) is 1.90. The Morgan fingerprint density at radius 3 is 2.90 bits per heavy atom. The molecule has 1 aliphatic rings. The molecule has 120 valence electrons. The lowest BCUT2D eigenvalue weighted by Gasteiger charge is -2.16. The van der Waals surface area contributed by atoms with Crippen LogP contribution in [-0.4, -0.2) is 51.5 Å². The van der Waals surface area contributed by atoms with Crippen molar-refractivity contribution < 1.29 is 9.47 Å². The van der Waals surface area contributed by atoms with Crippen molar-refractivity contribution in [3.05, 3.63) is 0 Å². The van der Waals surface area contributed by atoms with E-state index >= 15 is 0 Å². The SMILES string of the molecule is CCC(C)NC(=NC)NCCCOCC1CCCO1.I. The first-order valence-electron chi connectivity index (χ1n) is 7.42. The van der Waals surface area contributed by atoms with E-state index in [1.807, 2.05) is 0 Å². The quantitative estimate of drug-likeness (QED) is 0.284. The van der Waals surface area contributed by atoms with Crippen molar-refractivity contribution in [1.29, 1.82) is 0 Å². The predicted octanol–water partition coefficient (Wildman–Crippen LogP) is 2.15. The predicted molar refractivity (Wildman–Crippen MR) is 94.1 cm³/mol. The van der Waals surface area contributed by atoms with E-state index in [-0.39, 0.29) is 24.0 Å². The molecular weight excluding hydrogens is 369 g/mol. The molecule has 1 rings (SSSR count). The molecule has 0 amide bonds. The van der Waals surface area contributed by atoms with Crippen molar-refractivity contribution in [3.8, 4) is 0 Å². The molecule has 0 radical (unpaired) electrons. The Kier molecular flexibility index (Phi) is 12.6. The maximum atomic E-state index is 5.61. The first-order valence-corrected chi connectivity index (χ1v) is 7.42. The zero-order chi connectivity index (χ0) is 13.9. The van der Waals surface area contributed by atoms with Gasteiger partial charge in [-0.15, -0.1) is 24.0 Å². The third kappa shape index (κ3) is 8.97. The van der Waals surface area contributed by atoms with Crippen LogP contribution >= 0.6 is 24.0 Å². The zero-order valence-electron chi connectivity index (χ0n) is 13.0. The van der Waals surface area contributed by atoms with E-state index in [0.29, 0.717) is 12.1 Å². The Hall–Kier alpha value is -0.0800. The third-order valence-corrected chi connectivity index (χ3v) is 3.30. The van der Waals surface area contributed by atoms with E-state index < -0.39 is 0 Å². The maximum Gasteiger partial charge on any atom is 0.191 e. The van der Waals surface area contributed by atoms with E-state index in [0.717, 1.165) is 51.6 Å². The minimum atomic E-state index is 0. The number of rotatable bonds is 8. The van der Waals surface area contributed by atoms with E-state index in [9.17, 15) is 0 Å². The summed E-state index contributed by atoms with van der Waals surface area (Å²) in [7, 11) is 1.80. The molecule has 20 heavy (non-hydrogen) atoms. The molecule has 0 bridgehead atoms. The lowest BCUT2D eigenvalue weighted by molar-refractivity contribution is 0.0168. The number of nitrogens with one attached hydrogen (secondary N) is 2. The summed E-state index contributed by atoms with van der Waals surface area (Å²) < 4.78 is 11.1. The van der Waals surface area contributed by atoms with E-state index in [1.54, 1.807) is 7.05 Å². The summed E-state index contributed by atoms with van der Waals surface area (Å²) in [5.41, 5.74) is 0. The lowest BCUT2D eigenvalue weighted by atomic mass is 10.2. The molecule has 2 atom stereocenters. The van der Waals surface area contributed by atoms with Crippen LogP contribution in [0.4, 0.5) is 0 Å². The van der Waals surface area contributed by atoms with Crippen LogP contribution in [-0.2, 0) is 9.47 Å². The highest BCUT2D eigenvalue weighted by atomic mass is 127. The average molecular weight is 399 g/mol. The fraction of sp³-hybridized carbons (Fsp3) is 0.929. The monoisotopic (exact) mass is 399 g/mol. The van der Waals surface area contributed by atoms with Crippen LogP contribution in [0.25, 0.3) is 0 Å². The van der Waals surface area contributed by atoms with Gasteiger partial charge in [-0.3, -0.25) is 4.99 Å². The molecule has 2 N–H and O–H groups in total. The van der Waals surface area contributed by atoms with Gasteiger partial charge in [0.1, 0.15) is 0 Å². The summed E-state index contributed by atoms with van der Waals surface area (Å²) in [5, 5.41) is 6.62. The second-order valence-electron chi connectivity index (χ2n) is 5.02. The van der Waals surface area contributed by atoms with Gasteiger partial charge in [-0.2, -0.15) is 0 Å². The van der Waals surface area contributed by atoms with Crippen molar-refractivity contribution in [2.75, 3.05) is 33.4 Å². The highest BCUT2D eigenvalue weighted by molar-refractivity contribution is 14.0. The van der Waals surface area contributed by atoms with Crippen LogP contribution in [0.5, 0.6) is 0 Å². The molecule has 1 aliphatic heterocycles. The Morgan fingerprint density at radius 1 is 1.50 bits per heavy atom. The fourth-order valence-electron chi connectivity index (χ4n) is 1.90. The minimum absolute atomic E-state index is 0. The van der Waals surface area contributed by atoms with Gasteiger partial charge in [0.05, 0.1) is 12.7 Å². The summed E-state index contributed by atoms with van der Waals surface area (Å²) >= 11 is 0.